The molecule has 122 valence electrons. The molecule has 0 unspecified atom stereocenters. The first kappa shape index (κ1) is 18.4. The number of anilines is 1. The number of hydrogen-bond acceptors (Lipinski definition) is 5. The molecule has 1 saturated heterocycles. The highest BCUT2D eigenvalue weighted by atomic mass is 35.5. The highest BCUT2D eigenvalue weighted by Gasteiger charge is 2.36. The van der Waals surface area contributed by atoms with Crippen LogP contribution in [-0.2, 0) is 14.3 Å². The van der Waals surface area contributed by atoms with E-state index in [4.69, 9.17) is 15.2 Å². The van der Waals surface area contributed by atoms with Gasteiger partial charge < -0.3 is 20.5 Å². The van der Waals surface area contributed by atoms with Crippen LogP contribution in [0.25, 0.3) is 0 Å². The van der Waals surface area contributed by atoms with E-state index in [2.05, 4.69) is 5.32 Å². The average molecular weight is 329 g/mol. The molecular formula is C15H21ClN2O4. The van der Waals surface area contributed by atoms with Crippen molar-refractivity contribution in [3.05, 3.63) is 29.3 Å². The fourth-order valence-corrected chi connectivity index (χ4v) is 2.25. The lowest BCUT2D eigenvalue weighted by Gasteiger charge is -2.31. The van der Waals surface area contributed by atoms with Crippen LogP contribution in [0.5, 0.6) is 0 Å². The minimum Gasteiger partial charge on any atom is -0.465 e. The van der Waals surface area contributed by atoms with Crippen molar-refractivity contribution in [3.63, 3.8) is 0 Å². The zero-order chi connectivity index (χ0) is 15.5. The highest BCUT2D eigenvalue weighted by Crippen LogP contribution is 2.22. The smallest absolute Gasteiger partial charge is 0.338 e. The zero-order valence-electron chi connectivity index (χ0n) is 12.7. The summed E-state index contributed by atoms with van der Waals surface area (Å²) < 4.78 is 9.95. The molecule has 22 heavy (non-hydrogen) atoms. The Labute approximate surface area is 135 Å². The maximum absolute atomic E-state index is 12.3. The van der Waals surface area contributed by atoms with E-state index < -0.39 is 11.5 Å². The molecule has 0 saturated carbocycles. The molecule has 0 bridgehead atoms. The minimum atomic E-state index is -0.922. The zero-order valence-corrected chi connectivity index (χ0v) is 13.5. The summed E-state index contributed by atoms with van der Waals surface area (Å²) in [6.07, 6.45) is 0.961. The number of hydrogen-bond donors (Lipinski definition) is 2. The molecule has 2 rings (SSSR count). The molecule has 0 aromatic heterocycles. The summed E-state index contributed by atoms with van der Waals surface area (Å²) >= 11 is 0. The highest BCUT2D eigenvalue weighted by molar-refractivity contribution is 5.99. The van der Waals surface area contributed by atoms with Crippen molar-refractivity contribution in [1.29, 1.82) is 0 Å². The van der Waals surface area contributed by atoms with E-state index in [-0.39, 0.29) is 18.3 Å². The number of benzene rings is 1. The molecule has 0 atom stereocenters. The largest absolute Gasteiger partial charge is 0.465 e. The normalized spacial score (nSPS) is 16.3. The molecule has 1 aromatic rings. The number of amides is 1. The Bertz CT molecular complexity index is 556. The van der Waals surface area contributed by atoms with E-state index >= 15 is 0 Å². The first-order valence-corrected chi connectivity index (χ1v) is 6.83. The first-order valence-electron chi connectivity index (χ1n) is 6.83. The van der Waals surface area contributed by atoms with Crippen LogP contribution in [0.3, 0.4) is 0 Å². The summed E-state index contributed by atoms with van der Waals surface area (Å²) in [6.45, 7) is 2.76. The van der Waals surface area contributed by atoms with Gasteiger partial charge in [0.25, 0.3) is 0 Å². The summed E-state index contributed by atoms with van der Waals surface area (Å²) in [6, 6.07) is 5.10. The molecule has 0 spiro atoms. The Balaban J connectivity index is 0.00000242. The lowest BCUT2D eigenvalue weighted by molar-refractivity contribution is -0.124. The van der Waals surface area contributed by atoms with Gasteiger partial charge in [0.15, 0.2) is 0 Å². The number of esters is 1. The molecule has 1 amide bonds. The van der Waals surface area contributed by atoms with Crippen LogP contribution in [0.15, 0.2) is 18.2 Å². The number of nitrogens with one attached hydrogen (secondary N) is 1. The predicted molar refractivity (Wildman–Crippen MR) is 85.4 cm³/mol. The van der Waals surface area contributed by atoms with Crippen molar-refractivity contribution >= 4 is 30.0 Å². The number of halogens is 1. The van der Waals surface area contributed by atoms with Crippen LogP contribution >= 0.6 is 12.4 Å². The molecule has 1 aliphatic heterocycles. The molecule has 3 N–H and O–H groups in total. The maximum Gasteiger partial charge on any atom is 0.338 e. The van der Waals surface area contributed by atoms with E-state index in [1.165, 1.54) is 7.11 Å². The standard InChI is InChI=1S/C15H20N2O4.ClH/c1-10-3-4-11(9-12(10)13(18)20-2)17-14(19)15(16)5-7-21-8-6-15;/h3-4,9H,5-8,16H2,1-2H3,(H,17,19);1H. The van der Waals surface area contributed by atoms with Gasteiger partial charge in [-0.15, -0.1) is 12.4 Å². The maximum atomic E-state index is 12.3. The van der Waals surface area contributed by atoms with Gasteiger partial charge in [-0.25, -0.2) is 4.79 Å². The number of methoxy groups -OCH3 is 1. The van der Waals surface area contributed by atoms with Crippen LogP contribution in [0.1, 0.15) is 28.8 Å². The Kier molecular flexibility index (Phi) is 6.34. The van der Waals surface area contributed by atoms with Gasteiger partial charge in [0, 0.05) is 18.9 Å². The quantitative estimate of drug-likeness (QED) is 0.823. The predicted octanol–water partition coefficient (Wildman–Crippen LogP) is 1.65. The molecule has 0 radical (unpaired) electrons. The summed E-state index contributed by atoms with van der Waals surface area (Å²) in [5.41, 5.74) is 6.94. The average Bonchev–Trinajstić information content (AvgIpc) is 2.49. The SMILES string of the molecule is COC(=O)c1cc(NC(=O)C2(N)CCOCC2)ccc1C.Cl. The van der Waals surface area contributed by atoms with Crippen molar-refractivity contribution in [3.8, 4) is 0 Å². The van der Waals surface area contributed by atoms with E-state index in [0.717, 1.165) is 5.56 Å². The molecule has 6 nitrogen and oxygen atoms in total. The fourth-order valence-electron chi connectivity index (χ4n) is 2.25. The second kappa shape index (κ2) is 7.58. The molecule has 0 aliphatic carbocycles. The van der Waals surface area contributed by atoms with Gasteiger partial charge >= 0.3 is 5.97 Å². The Hall–Kier alpha value is -1.63. The Morgan fingerprint density at radius 1 is 1.32 bits per heavy atom. The van der Waals surface area contributed by atoms with E-state index in [9.17, 15) is 9.59 Å². The van der Waals surface area contributed by atoms with Gasteiger partial charge in [0.2, 0.25) is 5.91 Å². The number of ether oxygens (including phenoxy) is 2. The summed E-state index contributed by atoms with van der Waals surface area (Å²) in [5.74, 6) is -0.692. The molecular weight excluding hydrogens is 308 g/mol. The van der Waals surface area contributed by atoms with Gasteiger partial charge in [-0.3, -0.25) is 4.79 Å². The van der Waals surface area contributed by atoms with Crippen molar-refractivity contribution in [1.82, 2.24) is 0 Å². The molecule has 1 aliphatic rings. The molecule has 7 heteroatoms. The number of aryl methyl sites for hydroxylation is 1. The Morgan fingerprint density at radius 2 is 1.95 bits per heavy atom. The first-order chi connectivity index (χ1) is 9.96. The van der Waals surface area contributed by atoms with Crippen LogP contribution in [0.2, 0.25) is 0 Å². The van der Waals surface area contributed by atoms with Crippen molar-refractivity contribution in [2.45, 2.75) is 25.3 Å². The minimum absolute atomic E-state index is 0. The fraction of sp³-hybridized carbons (Fsp3) is 0.467. The van der Waals surface area contributed by atoms with E-state index in [1.807, 2.05) is 0 Å². The second-order valence-electron chi connectivity index (χ2n) is 5.24. The third kappa shape index (κ3) is 3.97. The molecule has 1 heterocycles. The third-order valence-electron chi connectivity index (χ3n) is 3.74. The second-order valence-corrected chi connectivity index (χ2v) is 5.24. The van der Waals surface area contributed by atoms with Gasteiger partial charge in [-0.05, 0) is 37.5 Å². The Morgan fingerprint density at radius 3 is 2.55 bits per heavy atom. The molecule has 1 aromatic carbocycles. The summed E-state index contributed by atoms with van der Waals surface area (Å²) in [5, 5.41) is 2.77. The van der Waals surface area contributed by atoms with Gasteiger partial charge in [0.1, 0.15) is 5.54 Å². The lowest BCUT2D eigenvalue weighted by Crippen LogP contribution is -2.54. The lowest BCUT2D eigenvalue weighted by atomic mass is 9.90. The van der Waals surface area contributed by atoms with Gasteiger partial charge in [-0.2, -0.15) is 0 Å². The third-order valence-corrected chi connectivity index (χ3v) is 3.74. The van der Waals surface area contributed by atoms with Gasteiger partial charge in [-0.1, -0.05) is 6.07 Å². The van der Waals surface area contributed by atoms with Crippen molar-refractivity contribution in [2.24, 2.45) is 5.73 Å². The number of nitrogens with two attached hydrogens (primary N) is 1. The number of carbonyl (C=O) groups is 2. The van der Waals surface area contributed by atoms with Crippen LogP contribution in [0.4, 0.5) is 5.69 Å². The van der Waals surface area contributed by atoms with Crippen molar-refractivity contribution < 1.29 is 19.1 Å². The van der Waals surface area contributed by atoms with Crippen LogP contribution in [-0.4, -0.2) is 37.7 Å². The van der Waals surface area contributed by atoms with E-state index in [1.54, 1.807) is 25.1 Å². The van der Waals surface area contributed by atoms with E-state index in [0.29, 0.717) is 37.3 Å². The summed E-state index contributed by atoms with van der Waals surface area (Å²) in [4.78, 5) is 24.0. The van der Waals surface area contributed by atoms with Gasteiger partial charge in [0.05, 0.1) is 12.7 Å². The molecule has 1 fully saturated rings. The number of carbonyl (C=O) groups excluding carboxylic acids is 2. The number of rotatable bonds is 3. The topological polar surface area (TPSA) is 90.7 Å². The monoisotopic (exact) mass is 328 g/mol. The van der Waals surface area contributed by atoms with Crippen LogP contribution in [0, 0.1) is 6.92 Å². The van der Waals surface area contributed by atoms with Crippen molar-refractivity contribution in [2.75, 3.05) is 25.6 Å². The van der Waals surface area contributed by atoms with Crippen LogP contribution < -0.4 is 11.1 Å². The summed E-state index contributed by atoms with van der Waals surface area (Å²) in [7, 11) is 1.32.